The SMILES string of the molecule is COC(=O)[C@H](OC(=O)c1cccc(-n2cncn2)c1)c1cccnc1. The molecule has 2 aromatic heterocycles. The van der Waals surface area contributed by atoms with E-state index >= 15 is 0 Å². The van der Waals surface area contributed by atoms with E-state index in [1.165, 1.54) is 30.6 Å². The average Bonchev–Trinajstić information content (AvgIpc) is 3.21. The highest BCUT2D eigenvalue weighted by molar-refractivity contribution is 5.92. The van der Waals surface area contributed by atoms with Gasteiger partial charge in [-0.05, 0) is 24.3 Å². The minimum Gasteiger partial charge on any atom is -0.466 e. The van der Waals surface area contributed by atoms with Crippen LogP contribution in [0.25, 0.3) is 5.69 Å². The van der Waals surface area contributed by atoms with Crippen molar-refractivity contribution in [2.75, 3.05) is 7.11 Å². The van der Waals surface area contributed by atoms with E-state index in [0.717, 1.165) is 0 Å². The number of carbonyl (C=O) groups is 2. The molecule has 0 aliphatic heterocycles. The molecule has 0 amide bonds. The lowest BCUT2D eigenvalue weighted by Crippen LogP contribution is -2.21. The molecular weight excluding hydrogens is 324 g/mol. The van der Waals surface area contributed by atoms with E-state index in [0.29, 0.717) is 11.3 Å². The fourth-order valence-corrected chi connectivity index (χ4v) is 2.18. The predicted octanol–water partition coefficient (Wildman–Crippen LogP) is 1.73. The minimum absolute atomic E-state index is 0.269. The summed E-state index contributed by atoms with van der Waals surface area (Å²) in [6.07, 6.45) is 4.71. The summed E-state index contributed by atoms with van der Waals surface area (Å²) in [4.78, 5) is 32.3. The Morgan fingerprint density at radius 1 is 1.16 bits per heavy atom. The summed E-state index contributed by atoms with van der Waals surface area (Å²) in [6.45, 7) is 0. The van der Waals surface area contributed by atoms with Crippen molar-refractivity contribution in [1.29, 1.82) is 0 Å². The number of ether oxygens (including phenoxy) is 2. The van der Waals surface area contributed by atoms with Gasteiger partial charge in [-0.3, -0.25) is 4.98 Å². The number of carbonyl (C=O) groups excluding carboxylic acids is 2. The van der Waals surface area contributed by atoms with Crippen molar-refractivity contribution >= 4 is 11.9 Å². The molecule has 0 saturated heterocycles. The first-order valence-electron chi connectivity index (χ1n) is 7.33. The molecule has 0 bridgehead atoms. The van der Waals surface area contributed by atoms with Gasteiger partial charge in [-0.15, -0.1) is 0 Å². The number of nitrogens with zero attached hydrogens (tertiary/aromatic N) is 4. The van der Waals surface area contributed by atoms with Gasteiger partial charge in [-0.2, -0.15) is 5.10 Å². The number of methoxy groups -OCH3 is 1. The van der Waals surface area contributed by atoms with E-state index in [-0.39, 0.29) is 5.56 Å². The molecule has 0 spiro atoms. The number of hydrogen-bond acceptors (Lipinski definition) is 7. The van der Waals surface area contributed by atoms with E-state index in [1.807, 2.05) is 0 Å². The smallest absolute Gasteiger partial charge is 0.352 e. The molecule has 8 heteroatoms. The van der Waals surface area contributed by atoms with E-state index in [2.05, 4.69) is 15.1 Å². The number of benzene rings is 1. The Balaban J connectivity index is 1.85. The maximum atomic E-state index is 12.5. The molecule has 0 fully saturated rings. The Morgan fingerprint density at radius 2 is 2.04 bits per heavy atom. The monoisotopic (exact) mass is 338 g/mol. The van der Waals surface area contributed by atoms with Crippen LogP contribution in [0.15, 0.2) is 61.4 Å². The fraction of sp³-hybridized carbons (Fsp3) is 0.118. The third-order valence-corrected chi connectivity index (χ3v) is 3.39. The van der Waals surface area contributed by atoms with Crippen molar-refractivity contribution in [3.63, 3.8) is 0 Å². The third kappa shape index (κ3) is 3.69. The quantitative estimate of drug-likeness (QED) is 0.654. The molecule has 0 saturated carbocycles. The van der Waals surface area contributed by atoms with Crippen LogP contribution in [0.3, 0.4) is 0 Å². The number of rotatable bonds is 5. The summed E-state index contributed by atoms with van der Waals surface area (Å²) in [7, 11) is 1.23. The lowest BCUT2D eigenvalue weighted by molar-refractivity contribution is -0.151. The highest BCUT2D eigenvalue weighted by Crippen LogP contribution is 2.20. The zero-order valence-corrected chi connectivity index (χ0v) is 13.3. The molecule has 0 unspecified atom stereocenters. The molecule has 0 radical (unpaired) electrons. The van der Waals surface area contributed by atoms with Crippen LogP contribution in [0.1, 0.15) is 22.0 Å². The normalized spacial score (nSPS) is 11.6. The Hall–Kier alpha value is -3.55. The molecular formula is C17H14N4O4. The summed E-state index contributed by atoms with van der Waals surface area (Å²) in [5, 5.41) is 4.01. The van der Waals surface area contributed by atoms with Gasteiger partial charge in [0.1, 0.15) is 12.7 Å². The van der Waals surface area contributed by atoms with Crippen molar-refractivity contribution in [3.05, 3.63) is 72.6 Å². The number of esters is 2. The van der Waals surface area contributed by atoms with Crippen molar-refractivity contribution < 1.29 is 19.1 Å². The van der Waals surface area contributed by atoms with E-state index in [4.69, 9.17) is 9.47 Å². The highest BCUT2D eigenvalue weighted by Gasteiger charge is 2.26. The van der Waals surface area contributed by atoms with Gasteiger partial charge in [-0.25, -0.2) is 19.3 Å². The first-order chi connectivity index (χ1) is 12.2. The molecule has 3 aromatic rings. The number of pyridine rings is 1. The van der Waals surface area contributed by atoms with Crippen LogP contribution in [0.2, 0.25) is 0 Å². The van der Waals surface area contributed by atoms with Crippen molar-refractivity contribution in [1.82, 2.24) is 19.7 Å². The van der Waals surface area contributed by atoms with Crippen LogP contribution in [-0.4, -0.2) is 38.8 Å². The largest absolute Gasteiger partial charge is 0.466 e. The average molecular weight is 338 g/mol. The number of aromatic nitrogens is 4. The van der Waals surface area contributed by atoms with Gasteiger partial charge < -0.3 is 9.47 Å². The number of hydrogen-bond donors (Lipinski definition) is 0. The Morgan fingerprint density at radius 3 is 2.72 bits per heavy atom. The highest BCUT2D eigenvalue weighted by atomic mass is 16.6. The zero-order chi connectivity index (χ0) is 17.6. The van der Waals surface area contributed by atoms with Crippen LogP contribution in [0, 0.1) is 0 Å². The molecule has 1 atom stereocenters. The topological polar surface area (TPSA) is 96.2 Å². The van der Waals surface area contributed by atoms with Gasteiger partial charge in [0.15, 0.2) is 0 Å². The van der Waals surface area contributed by atoms with Gasteiger partial charge in [0.05, 0.1) is 18.4 Å². The molecule has 3 rings (SSSR count). The predicted molar refractivity (Wildman–Crippen MR) is 85.8 cm³/mol. The summed E-state index contributed by atoms with van der Waals surface area (Å²) in [5.74, 6) is -1.35. The van der Waals surface area contributed by atoms with Crippen molar-refractivity contribution in [2.45, 2.75) is 6.10 Å². The minimum atomic E-state index is -1.19. The first kappa shape index (κ1) is 16.3. The van der Waals surface area contributed by atoms with Gasteiger partial charge in [0, 0.05) is 18.0 Å². The van der Waals surface area contributed by atoms with E-state index < -0.39 is 18.0 Å². The molecule has 0 aliphatic rings. The summed E-state index contributed by atoms with van der Waals surface area (Å²) < 4.78 is 11.6. The van der Waals surface area contributed by atoms with Gasteiger partial charge in [-0.1, -0.05) is 12.1 Å². The van der Waals surface area contributed by atoms with Crippen LogP contribution in [-0.2, 0) is 14.3 Å². The van der Waals surface area contributed by atoms with Crippen molar-refractivity contribution in [2.24, 2.45) is 0 Å². The second kappa shape index (κ2) is 7.35. The van der Waals surface area contributed by atoms with Crippen LogP contribution >= 0.6 is 0 Å². The standard InChI is InChI=1S/C17H14N4O4/c1-24-17(23)15(13-5-3-7-18-9-13)25-16(22)12-4-2-6-14(8-12)21-11-19-10-20-21/h2-11,15H,1H3/t15-/m1/s1. The maximum Gasteiger partial charge on any atom is 0.352 e. The molecule has 126 valence electrons. The van der Waals surface area contributed by atoms with Gasteiger partial charge in [0.2, 0.25) is 6.10 Å². The Kier molecular flexibility index (Phi) is 4.79. The third-order valence-electron chi connectivity index (χ3n) is 3.39. The second-order valence-electron chi connectivity index (χ2n) is 4.99. The molecule has 1 aromatic carbocycles. The Bertz CT molecular complexity index is 865. The van der Waals surface area contributed by atoms with Crippen LogP contribution < -0.4 is 0 Å². The van der Waals surface area contributed by atoms with E-state index in [9.17, 15) is 9.59 Å². The maximum absolute atomic E-state index is 12.5. The lowest BCUT2D eigenvalue weighted by Gasteiger charge is -2.16. The molecule has 0 N–H and O–H groups in total. The fourth-order valence-electron chi connectivity index (χ4n) is 2.18. The second-order valence-corrected chi connectivity index (χ2v) is 4.99. The first-order valence-corrected chi connectivity index (χ1v) is 7.33. The van der Waals surface area contributed by atoms with Gasteiger partial charge >= 0.3 is 11.9 Å². The van der Waals surface area contributed by atoms with Gasteiger partial charge in [0.25, 0.3) is 0 Å². The van der Waals surface area contributed by atoms with E-state index in [1.54, 1.807) is 42.6 Å². The summed E-state index contributed by atoms with van der Waals surface area (Å²) in [6, 6.07) is 9.91. The molecule has 2 heterocycles. The summed E-state index contributed by atoms with van der Waals surface area (Å²) >= 11 is 0. The lowest BCUT2D eigenvalue weighted by atomic mass is 10.1. The Labute approximate surface area is 143 Å². The van der Waals surface area contributed by atoms with Crippen LogP contribution in [0.4, 0.5) is 0 Å². The van der Waals surface area contributed by atoms with Crippen molar-refractivity contribution in [3.8, 4) is 5.69 Å². The molecule has 8 nitrogen and oxygen atoms in total. The molecule has 25 heavy (non-hydrogen) atoms. The zero-order valence-electron chi connectivity index (χ0n) is 13.3. The summed E-state index contributed by atoms with van der Waals surface area (Å²) in [5.41, 5.74) is 1.34. The molecule has 0 aliphatic carbocycles. The van der Waals surface area contributed by atoms with Crippen LogP contribution in [0.5, 0.6) is 0 Å².